The van der Waals surface area contributed by atoms with Gasteiger partial charge in [0.25, 0.3) is 0 Å². The summed E-state index contributed by atoms with van der Waals surface area (Å²) in [6.07, 6.45) is 0. The van der Waals surface area contributed by atoms with Gasteiger partial charge in [0.1, 0.15) is 0 Å². The van der Waals surface area contributed by atoms with Crippen molar-refractivity contribution in [2.24, 2.45) is 0 Å². The fraction of sp³-hybridized carbons (Fsp3) is 0. The summed E-state index contributed by atoms with van der Waals surface area (Å²) < 4.78 is 6.69. The normalized spacial score (nSPS) is 1.00. The van der Waals surface area contributed by atoms with Gasteiger partial charge in [0.05, 0.1) is 0 Å². The molecule has 0 rings (SSSR count). The van der Waals surface area contributed by atoms with Crippen LogP contribution in [0, 0.1) is 0 Å². The predicted octanol–water partition coefficient (Wildman–Crippen LogP) is -2.73. The van der Waals surface area contributed by atoms with Crippen molar-refractivity contribution in [1.29, 1.82) is 0 Å². The summed E-state index contributed by atoms with van der Waals surface area (Å²) in [5.41, 5.74) is 0. The van der Waals surface area contributed by atoms with Crippen molar-refractivity contribution >= 4 is 42.5 Å². The van der Waals surface area contributed by atoms with Crippen molar-refractivity contribution in [3.63, 3.8) is 0 Å². The first-order valence-corrected chi connectivity index (χ1v) is 0.600. The molecule has 6 heteroatoms. The van der Waals surface area contributed by atoms with Gasteiger partial charge in [0.15, 0.2) is 0 Å². The molecule has 0 aromatic rings. The Balaban J connectivity index is -0.000000000833. The topological polar surface area (TPSA) is 115 Å². The van der Waals surface area contributed by atoms with E-state index in [4.69, 9.17) is 4.55 Å². The van der Waals surface area contributed by atoms with Crippen molar-refractivity contribution in [3.8, 4) is 0 Å². The van der Waals surface area contributed by atoms with Crippen LogP contribution in [-0.4, -0.2) is 50.5 Å². The first-order valence-electron chi connectivity index (χ1n) is 0.200. The Hall–Kier alpha value is 1.19. The second-order valence-electron chi connectivity index (χ2n) is 0. The molecule has 0 heterocycles. The van der Waals surface area contributed by atoms with E-state index < -0.39 is 0 Å². The van der Waals surface area contributed by atoms with Gasteiger partial charge in [0, 0.05) is 0 Å². The van der Waals surface area contributed by atoms with E-state index in [2.05, 4.69) is 12.9 Å². The van der Waals surface area contributed by atoms with Crippen LogP contribution in [0.25, 0.3) is 0 Å². The Morgan fingerprint density at radius 2 is 0.833 bits per heavy atom. The molecular formula is H9NaO4S. The summed E-state index contributed by atoms with van der Waals surface area (Å²) in [6, 6.07) is 0. The van der Waals surface area contributed by atoms with Gasteiger partial charge < -0.3 is 21.0 Å². The van der Waals surface area contributed by atoms with Gasteiger partial charge in [0.2, 0.25) is 0 Å². The molecule has 0 aromatic carbocycles. The summed E-state index contributed by atoms with van der Waals surface area (Å²) in [6.45, 7) is 0. The molecule has 0 aliphatic rings. The SMILES string of the molecule is O.O.O.OS.[NaH]. The molecule has 0 aliphatic carbocycles. The molecule has 6 heavy (non-hydrogen) atoms. The molecule has 0 radical (unpaired) electrons. The quantitative estimate of drug-likeness (QED) is 0.206. The molecule has 0 fully saturated rings. The number of thiol groups is 1. The van der Waals surface area contributed by atoms with Gasteiger partial charge in [-0.3, -0.25) is 0 Å². The third kappa shape index (κ3) is 64.3. The van der Waals surface area contributed by atoms with Gasteiger partial charge in [-0.15, -0.1) is 0 Å². The molecule has 4 nitrogen and oxygen atoms in total. The Bertz CT molecular complexity index is 7.51. The van der Waals surface area contributed by atoms with Crippen molar-refractivity contribution in [1.82, 2.24) is 0 Å². The van der Waals surface area contributed by atoms with Crippen molar-refractivity contribution in [3.05, 3.63) is 0 Å². The van der Waals surface area contributed by atoms with Crippen LogP contribution in [0.1, 0.15) is 0 Å². The third-order valence-corrected chi connectivity index (χ3v) is 0. The van der Waals surface area contributed by atoms with E-state index in [0.717, 1.165) is 0 Å². The maximum atomic E-state index is 6.69. The summed E-state index contributed by atoms with van der Waals surface area (Å²) in [5, 5.41) is 0. The maximum absolute atomic E-state index is 6.69. The van der Waals surface area contributed by atoms with Gasteiger partial charge in [-0.1, -0.05) is 0 Å². The van der Waals surface area contributed by atoms with E-state index in [1.165, 1.54) is 0 Å². The van der Waals surface area contributed by atoms with Gasteiger partial charge >= 0.3 is 29.6 Å². The fourth-order valence-corrected chi connectivity index (χ4v) is 0. The zero-order chi connectivity index (χ0) is 2.00. The van der Waals surface area contributed by atoms with Crippen LogP contribution in [0.3, 0.4) is 0 Å². The van der Waals surface area contributed by atoms with Crippen LogP contribution >= 0.6 is 12.9 Å². The molecule has 40 valence electrons. The van der Waals surface area contributed by atoms with Crippen molar-refractivity contribution in [2.75, 3.05) is 0 Å². The summed E-state index contributed by atoms with van der Waals surface area (Å²) in [5.74, 6) is 0. The summed E-state index contributed by atoms with van der Waals surface area (Å²) >= 11 is 2.53. The molecule has 0 aliphatic heterocycles. The van der Waals surface area contributed by atoms with Gasteiger partial charge in [-0.05, 0) is 12.9 Å². The summed E-state index contributed by atoms with van der Waals surface area (Å²) in [4.78, 5) is 0. The van der Waals surface area contributed by atoms with E-state index in [-0.39, 0.29) is 46.0 Å². The van der Waals surface area contributed by atoms with Crippen molar-refractivity contribution < 1.29 is 21.0 Å². The second kappa shape index (κ2) is 118. The van der Waals surface area contributed by atoms with Gasteiger partial charge in [-0.2, -0.15) is 0 Å². The molecule has 0 spiro atoms. The molecule has 0 bridgehead atoms. The molecule has 0 atom stereocenters. The fourth-order valence-electron chi connectivity index (χ4n) is 0. The molecule has 0 amide bonds. The van der Waals surface area contributed by atoms with E-state index in [1.54, 1.807) is 0 Å². The second-order valence-corrected chi connectivity index (χ2v) is 0. The average Bonchev–Trinajstić information content (AvgIpc) is 1.00. The van der Waals surface area contributed by atoms with E-state index in [1.807, 2.05) is 0 Å². The zero-order valence-corrected chi connectivity index (χ0v) is 3.29. The van der Waals surface area contributed by atoms with Crippen LogP contribution in [-0.2, 0) is 0 Å². The number of rotatable bonds is 0. The predicted molar refractivity (Wildman–Crippen MR) is 29.6 cm³/mol. The first-order chi connectivity index (χ1) is 1.00. The van der Waals surface area contributed by atoms with Crippen LogP contribution in [0.15, 0.2) is 0 Å². The first kappa shape index (κ1) is 57.4. The summed E-state index contributed by atoms with van der Waals surface area (Å²) in [7, 11) is 0. The number of hydrogen-bond donors (Lipinski definition) is 2. The molecule has 0 saturated heterocycles. The average molecular weight is 128 g/mol. The van der Waals surface area contributed by atoms with Crippen LogP contribution in [0.4, 0.5) is 0 Å². The van der Waals surface area contributed by atoms with E-state index >= 15 is 0 Å². The van der Waals surface area contributed by atoms with Crippen LogP contribution in [0.2, 0.25) is 0 Å². The zero-order valence-electron chi connectivity index (χ0n) is 2.39. The minimum atomic E-state index is 0. The Morgan fingerprint density at radius 3 is 0.833 bits per heavy atom. The monoisotopic (exact) mass is 128 g/mol. The van der Waals surface area contributed by atoms with E-state index in [9.17, 15) is 0 Å². The Morgan fingerprint density at radius 1 is 0.833 bits per heavy atom. The number of hydrogen-bond acceptors (Lipinski definition) is 2. The molecule has 0 saturated carbocycles. The minimum absolute atomic E-state index is 0. The Kier molecular flexibility index (Phi) is 1130. The molecule has 7 N–H and O–H groups in total. The third-order valence-electron chi connectivity index (χ3n) is 0. The van der Waals surface area contributed by atoms with Crippen LogP contribution < -0.4 is 0 Å². The van der Waals surface area contributed by atoms with E-state index in [0.29, 0.717) is 0 Å². The van der Waals surface area contributed by atoms with Gasteiger partial charge in [-0.25, -0.2) is 0 Å². The molecule has 0 unspecified atom stereocenters. The van der Waals surface area contributed by atoms with Crippen molar-refractivity contribution in [2.45, 2.75) is 0 Å². The standard InChI is InChI=1S/Na.H2OS.3H2O.H/c;1-2;;;;/h;1-2H;3*1H2;. The Labute approximate surface area is 63.4 Å². The van der Waals surface area contributed by atoms with Crippen LogP contribution in [0.5, 0.6) is 0 Å². The molecular weight excluding hydrogens is 119 g/mol. The molecule has 0 aromatic heterocycles.